The van der Waals surface area contributed by atoms with Gasteiger partial charge in [0.25, 0.3) is 0 Å². The highest BCUT2D eigenvalue weighted by Crippen LogP contribution is 2.30. The van der Waals surface area contributed by atoms with Crippen molar-refractivity contribution in [3.63, 3.8) is 0 Å². The Morgan fingerprint density at radius 3 is 2.60 bits per heavy atom. The minimum Gasteiger partial charge on any atom is -0.363 e. The highest BCUT2D eigenvalue weighted by Gasteiger charge is 2.18. The van der Waals surface area contributed by atoms with Crippen molar-refractivity contribution in [1.82, 2.24) is 15.6 Å². The van der Waals surface area contributed by atoms with E-state index in [1.807, 2.05) is 0 Å². The second-order valence-electron chi connectivity index (χ2n) is 6.24. The van der Waals surface area contributed by atoms with E-state index in [2.05, 4.69) is 83.3 Å². The highest BCUT2D eigenvalue weighted by molar-refractivity contribution is 7.80. The molecular formula is C21H25N3S. The minimum absolute atomic E-state index is 0.239. The molecule has 1 heterocycles. The molecule has 0 unspecified atom stereocenters. The topological polar surface area (TPSA) is 39.8 Å². The van der Waals surface area contributed by atoms with Crippen molar-refractivity contribution in [3.8, 4) is 0 Å². The lowest BCUT2D eigenvalue weighted by molar-refractivity contribution is 0.716. The van der Waals surface area contributed by atoms with Gasteiger partial charge in [-0.15, -0.1) is 0 Å². The summed E-state index contributed by atoms with van der Waals surface area (Å²) < 4.78 is 0. The Morgan fingerprint density at radius 1 is 1.04 bits per heavy atom. The monoisotopic (exact) mass is 351 g/mol. The van der Waals surface area contributed by atoms with Crippen LogP contribution in [0.25, 0.3) is 10.9 Å². The maximum Gasteiger partial charge on any atom is 0.166 e. The summed E-state index contributed by atoms with van der Waals surface area (Å²) in [5.41, 5.74) is 3.75. The quantitative estimate of drug-likeness (QED) is 0.431. The van der Waals surface area contributed by atoms with E-state index in [0.29, 0.717) is 0 Å². The van der Waals surface area contributed by atoms with Crippen LogP contribution < -0.4 is 10.6 Å². The average Bonchev–Trinajstić information content (AvgIpc) is 3.07. The van der Waals surface area contributed by atoms with Gasteiger partial charge in [0.1, 0.15) is 0 Å². The number of unbranched alkanes of at least 4 members (excludes halogenated alkanes) is 1. The first-order valence-corrected chi connectivity index (χ1v) is 9.33. The molecule has 3 N–H and O–H groups in total. The Hall–Kier alpha value is -2.33. The van der Waals surface area contributed by atoms with Gasteiger partial charge < -0.3 is 15.6 Å². The first-order valence-electron chi connectivity index (χ1n) is 8.92. The van der Waals surface area contributed by atoms with Crippen LogP contribution in [-0.2, 0) is 0 Å². The largest absolute Gasteiger partial charge is 0.363 e. The molecule has 130 valence electrons. The van der Waals surface area contributed by atoms with Crippen LogP contribution >= 0.6 is 12.2 Å². The number of aromatic nitrogens is 1. The Bertz CT molecular complexity index is 810. The molecule has 3 rings (SSSR count). The number of hydrogen-bond acceptors (Lipinski definition) is 1. The van der Waals surface area contributed by atoms with Crippen LogP contribution in [0, 0.1) is 0 Å². The molecule has 0 aliphatic rings. The van der Waals surface area contributed by atoms with Crippen molar-refractivity contribution in [3.05, 3.63) is 71.9 Å². The molecule has 0 saturated heterocycles. The molecule has 3 aromatic rings. The molecule has 4 heteroatoms. The standard InChI is InChI=1S/C21H25N3S/c1-2-3-13-22-21(25)24-14-18(16-9-5-4-6-10-16)19-15-23-20-12-8-7-11-17(19)20/h4-12,15,18,23H,2-3,13-14H2,1H3,(H2,22,24,25)/t18-/m0/s1. The van der Waals surface area contributed by atoms with E-state index in [1.54, 1.807) is 0 Å². The summed E-state index contributed by atoms with van der Waals surface area (Å²) in [6, 6.07) is 19.0. The molecule has 2 aromatic carbocycles. The smallest absolute Gasteiger partial charge is 0.166 e. The molecule has 0 spiro atoms. The first kappa shape index (κ1) is 17.5. The molecular weight excluding hydrogens is 326 g/mol. The lowest BCUT2D eigenvalue weighted by Gasteiger charge is -2.19. The summed E-state index contributed by atoms with van der Waals surface area (Å²) in [4.78, 5) is 3.39. The summed E-state index contributed by atoms with van der Waals surface area (Å²) in [6.07, 6.45) is 4.42. The SMILES string of the molecule is CCCCNC(=S)NC[C@@H](c1ccccc1)c1c[nH]c2ccccc12. The fourth-order valence-corrected chi connectivity index (χ4v) is 3.30. The first-order chi connectivity index (χ1) is 12.3. The van der Waals surface area contributed by atoms with Crippen LogP contribution in [0.2, 0.25) is 0 Å². The van der Waals surface area contributed by atoms with Crippen LogP contribution in [0.15, 0.2) is 60.8 Å². The zero-order valence-electron chi connectivity index (χ0n) is 14.6. The third-order valence-corrected chi connectivity index (χ3v) is 4.77. The Balaban J connectivity index is 1.80. The predicted octanol–water partition coefficient (Wildman–Crippen LogP) is 4.56. The number of aromatic amines is 1. The van der Waals surface area contributed by atoms with Crippen molar-refractivity contribution < 1.29 is 0 Å². The van der Waals surface area contributed by atoms with Gasteiger partial charge in [-0.25, -0.2) is 0 Å². The average molecular weight is 352 g/mol. The Kier molecular flexibility index (Phi) is 6.07. The van der Waals surface area contributed by atoms with Gasteiger partial charge in [0.15, 0.2) is 5.11 Å². The Morgan fingerprint density at radius 2 is 1.80 bits per heavy atom. The maximum absolute atomic E-state index is 5.43. The molecule has 0 amide bonds. The van der Waals surface area contributed by atoms with Crippen molar-refractivity contribution in [2.24, 2.45) is 0 Å². The zero-order chi connectivity index (χ0) is 17.5. The molecule has 0 fully saturated rings. The minimum atomic E-state index is 0.239. The lowest BCUT2D eigenvalue weighted by atomic mass is 9.91. The molecule has 1 aromatic heterocycles. The van der Waals surface area contributed by atoms with Crippen LogP contribution in [0.4, 0.5) is 0 Å². The summed E-state index contributed by atoms with van der Waals surface area (Å²) in [7, 11) is 0. The number of hydrogen-bond donors (Lipinski definition) is 3. The normalized spacial score (nSPS) is 12.0. The van der Waals surface area contributed by atoms with E-state index in [1.165, 1.54) is 22.0 Å². The van der Waals surface area contributed by atoms with Crippen molar-refractivity contribution >= 4 is 28.2 Å². The lowest BCUT2D eigenvalue weighted by Crippen LogP contribution is -2.38. The number of para-hydroxylation sites is 1. The van der Waals surface area contributed by atoms with E-state index < -0.39 is 0 Å². The molecule has 0 radical (unpaired) electrons. The van der Waals surface area contributed by atoms with Crippen molar-refractivity contribution in [2.75, 3.05) is 13.1 Å². The molecule has 0 aliphatic heterocycles. The fraction of sp³-hybridized carbons (Fsp3) is 0.286. The second kappa shape index (κ2) is 8.67. The van der Waals surface area contributed by atoms with E-state index in [-0.39, 0.29) is 5.92 Å². The third kappa shape index (κ3) is 4.40. The molecule has 0 aliphatic carbocycles. The molecule has 25 heavy (non-hydrogen) atoms. The number of nitrogens with one attached hydrogen (secondary N) is 3. The van der Waals surface area contributed by atoms with Gasteiger partial charge in [0, 0.05) is 36.1 Å². The number of thiocarbonyl (C=S) groups is 1. The summed E-state index contributed by atoms with van der Waals surface area (Å²) >= 11 is 5.43. The van der Waals surface area contributed by atoms with Crippen LogP contribution in [0.3, 0.4) is 0 Å². The van der Waals surface area contributed by atoms with Gasteiger partial charge >= 0.3 is 0 Å². The van der Waals surface area contributed by atoms with Crippen LogP contribution in [0.1, 0.15) is 36.8 Å². The van der Waals surface area contributed by atoms with Crippen molar-refractivity contribution in [1.29, 1.82) is 0 Å². The van der Waals surface area contributed by atoms with Crippen LogP contribution in [-0.4, -0.2) is 23.2 Å². The maximum atomic E-state index is 5.43. The van der Waals surface area contributed by atoms with E-state index in [9.17, 15) is 0 Å². The van der Waals surface area contributed by atoms with Gasteiger partial charge in [-0.1, -0.05) is 61.9 Å². The van der Waals surface area contributed by atoms with Crippen molar-refractivity contribution in [2.45, 2.75) is 25.7 Å². The third-order valence-electron chi connectivity index (χ3n) is 4.48. The van der Waals surface area contributed by atoms with Gasteiger partial charge in [-0.2, -0.15) is 0 Å². The molecule has 3 nitrogen and oxygen atoms in total. The molecule has 1 atom stereocenters. The second-order valence-corrected chi connectivity index (χ2v) is 6.65. The van der Waals surface area contributed by atoms with E-state index in [4.69, 9.17) is 12.2 Å². The number of fused-ring (bicyclic) bond motifs is 1. The fourth-order valence-electron chi connectivity index (χ4n) is 3.11. The van der Waals surface area contributed by atoms with Gasteiger partial charge in [-0.3, -0.25) is 0 Å². The van der Waals surface area contributed by atoms with E-state index in [0.717, 1.165) is 31.0 Å². The summed E-state index contributed by atoms with van der Waals surface area (Å²) in [5, 5.41) is 8.68. The highest BCUT2D eigenvalue weighted by atomic mass is 32.1. The molecule has 0 saturated carbocycles. The Labute approximate surface area is 154 Å². The summed E-state index contributed by atoms with van der Waals surface area (Å²) in [6.45, 7) is 3.87. The predicted molar refractivity (Wildman–Crippen MR) is 110 cm³/mol. The van der Waals surface area contributed by atoms with Gasteiger partial charge in [0.2, 0.25) is 0 Å². The van der Waals surface area contributed by atoms with E-state index >= 15 is 0 Å². The van der Waals surface area contributed by atoms with Gasteiger partial charge in [0.05, 0.1) is 0 Å². The van der Waals surface area contributed by atoms with Gasteiger partial charge in [-0.05, 0) is 35.8 Å². The van der Waals surface area contributed by atoms with Crippen LogP contribution in [0.5, 0.6) is 0 Å². The number of H-pyrrole nitrogens is 1. The summed E-state index contributed by atoms with van der Waals surface area (Å²) in [5.74, 6) is 0.239. The number of benzene rings is 2. The number of rotatable bonds is 7. The molecule has 0 bridgehead atoms. The zero-order valence-corrected chi connectivity index (χ0v) is 15.4.